The lowest BCUT2D eigenvalue weighted by molar-refractivity contribution is -0.123. The highest BCUT2D eigenvalue weighted by Crippen LogP contribution is 2.22. The summed E-state index contributed by atoms with van der Waals surface area (Å²) in [5.74, 6) is -0.194. The molecular formula is C20H18N2O4. The summed E-state index contributed by atoms with van der Waals surface area (Å²) in [6.07, 6.45) is -0.741. The minimum Gasteiger partial charge on any atom is -0.481 e. The van der Waals surface area contributed by atoms with E-state index in [1.807, 2.05) is 31.2 Å². The van der Waals surface area contributed by atoms with Gasteiger partial charge in [0, 0.05) is 11.1 Å². The van der Waals surface area contributed by atoms with Crippen molar-refractivity contribution in [2.24, 2.45) is 5.73 Å². The van der Waals surface area contributed by atoms with E-state index in [2.05, 4.69) is 4.98 Å². The first-order valence-electron chi connectivity index (χ1n) is 8.08. The number of hydrogen-bond donors (Lipinski definition) is 1. The minimum atomic E-state index is -0.741. The molecule has 3 rings (SSSR count). The van der Waals surface area contributed by atoms with Crippen molar-refractivity contribution in [3.8, 4) is 11.5 Å². The Balaban J connectivity index is 1.79. The molecule has 0 aliphatic carbocycles. The number of rotatable bonds is 5. The molecule has 132 valence electrons. The van der Waals surface area contributed by atoms with Gasteiger partial charge in [-0.15, -0.1) is 0 Å². The summed E-state index contributed by atoms with van der Waals surface area (Å²) in [6.45, 7) is 3.39. The van der Waals surface area contributed by atoms with E-state index >= 15 is 0 Å². The van der Waals surface area contributed by atoms with Gasteiger partial charge in [-0.1, -0.05) is 18.2 Å². The molecule has 0 aliphatic rings. The van der Waals surface area contributed by atoms with Crippen LogP contribution < -0.4 is 15.2 Å². The third kappa shape index (κ3) is 3.80. The van der Waals surface area contributed by atoms with Crippen molar-refractivity contribution in [3.63, 3.8) is 0 Å². The number of hydrogen-bond acceptors (Lipinski definition) is 5. The standard InChI is InChI=1S/C20H18N2O4/c1-12-11-17(16-5-3-4-6-18(16)22-12)20(24)26-15-9-7-14(8-10-15)25-13(2)19(21)23/h3-11,13H,1-2H3,(H2,21,23). The Morgan fingerprint density at radius 1 is 1.04 bits per heavy atom. The Kier molecular flexibility index (Phi) is 4.84. The van der Waals surface area contributed by atoms with E-state index < -0.39 is 18.0 Å². The van der Waals surface area contributed by atoms with Crippen LogP contribution in [0, 0.1) is 6.92 Å². The summed E-state index contributed by atoms with van der Waals surface area (Å²) in [4.78, 5) is 28.0. The number of benzene rings is 2. The fourth-order valence-electron chi connectivity index (χ4n) is 2.49. The lowest BCUT2D eigenvalue weighted by Gasteiger charge is -2.12. The fraction of sp³-hybridized carbons (Fsp3) is 0.150. The summed E-state index contributed by atoms with van der Waals surface area (Å²) in [6, 6.07) is 15.5. The smallest absolute Gasteiger partial charge is 0.344 e. The zero-order valence-corrected chi connectivity index (χ0v) is 14.4. The van der Waals surface area contributed by atoms with E-state index in [1.54, 1.807) is 37.3 Å². The summed E-state index contributed by atoms with van der Waals surface area (Å²) >= 11 is 0. The number of aromatic nitrogens is 1. The number of primary amides is 1. The van der Waals surface area contributed by atoms with E-state index in [0.717, 1.165) is 16.6 Å². The molecule has 0 radical (unpaired) electrons. The lowest BCUT2D eigenvalue weighted by Crippen LogP contribution is -2.30. The predicted molar refractivity (Wildman–Crippen MR) is 97.2 cm³/mol. The van der Waals surface area contributed by atoms with Crippen molar-refractivity contribution in [1.29, 1.82) is 0 Å². The molecule has 1 atom stereocenters. The van der Waals surface area contributed by atoms with Gasteiger partial charge in [0.25, 0.3) is 5.91 Å². The Morgan fingerprint density at radius 3 is 2.38 bits per heavy atom. The number of fused-ring (bicyclic) bond motifs is 1. The number of nitrogens with two attached hydrogens (primary N) is 1. The topological polar surface area (TPSA) is 91.5 Å². The van der Waals surface area contributed by atoms with Gasteiger partial charge in [0.15, 0.2) is 6.10 Å². The molecule has 0 bridgehead atoms. The molecule has 2 N–H and O–H groups in total. The number of carbonyl (C=O) groups excluding carboxylic acids is 2. The Bertz CT molecular complexity index is 967. The molecule has 1 heterocycles. The maximum Gasteiger partial charge on any atom is 0.344 e. The molecule has 0 aliphatic heterocycles. The Hall–Kier alpha value is -3.41. The SMILES string of the molecule is Cc1cc(C(=O)Oc2ccc(OC(C)C(N)=O)cc2)c2ccccc2n1. The second kappa shape index (κ2) is 7.23. The van der Waals surface area contributed by atoms with Crippen LogP contribution in [0.3, 0.4) is 0 Å². The van der Waals surface area contributed by atoms with E-state index in [-0.39, 0.29) is 0 Å². The number of esters is 1. The van der Waals surface area contributed by atoms with Crippen molar-refractivity contribution < 1.29 is 19.1 Å². The number of nitrogens with zero attached hydrogens (tertiary/aromatic N) is 1. The van der Waals surface area contributed by atoms with Crippen molar-refractivity contribution in [2.45, 2.75) is 20.0 Å². The Morgan fingerprint density at radius 2 is 1.69 bits per heavy atom. The molecule has 1 unspecified atom stereocenters. The second-order valence-corrected chi connectivity index (χ2v) is 5.85. The van der Waals surface area contributed by atoms with E-state index in [1.165, 1.54) is 0 Å². The first kappa shape index (κ1) is 17.4. The van der Waals surface area contributed by atoms with Crippen LogP contribution in [-0.4, -0.2) is 23.0 Å². The summed E-state index contributed by atoms with van der Waals surface area (Å²) < 4.78 is 10.8. The summed E-state index contributed by atoms with van der Waals surface area (Å²) in [5.41, 5.74) is 7.09. The molecule has 2 aromatic carbocycles. The number of amides is 1. The summed E-state index contributed by atoms with van der Waals surface area (Å²) in [5, 5.41) is 0.735. The number of para-hydroxylation sites is 1. The van der Waals surface area contributed by atoms with E-state index in [4.69, 9.17) is 15.2 Å². The average molecular weight is 350 g/mol. The number of pyridine rings is 1. The van der Waals surface area contributed by atoms with Gasteiger partial charge in [-0.2, -0.15) is 0 Å². The predicted octanol–water partition coefficient (Wildman–Crippen LogP) is 3.02. The highest BCUT2D eigenvalue weighted by Gasteiger charge is 2.15. The van der Waals surface area contributed by atoms with Crippen LogP contribution in [0.4, 0.5) is 0 Å². The molecular weight excluding hydrogens is 332 g/mol. The van der Waals surface area contributed by atoms with Crippen molar-refractivity contribution in [1.82, 2.24) is 4.98 Å². The lowest BCUT2D eigenvalue weighted by atomic mass is 10.1. The highest BCUT2D eigenvalue weighted by molar-refractivity contribution is 6.04. The van der Waals surface area contributed by atoms with Crippen molar-refractivity contribution >= 4 is 22.8 Å². The average Bonchev–Trinajstić information content (AvgIpc) is 2.62. The van der Waals surface area contributed by atoms with Crippen LogP contribution in [0.2, 0.25) is 0 Å². The van der Waals surface area contributed by atoms with E-state index in [0.29, 0.717) is 17.1 Å². The molecule has 3 aromatic rings. The second-order valence-electron chi connectivity index (χ2n) is 5.85. The van der Waals surface area contributed by atoms with Crippen LogP contribution >= 0.6 is 0 Å². The van der Waals surface area contributed by atoms with Gasteiger partial charge in [0.2, 0.25) is 0 Å². The first-order valence-corrected chi connectivity index (χ1v) is 8.08. The molecule has 26 heavy (non-hydrogen) atoms. The maximum atomic E-state index is 12.6. The van der Waals surface area contributed by atoms with Gasteiger partial charge in [-0.3, -0.25) is 9.78 Å². The van der Waals surface area contributed by atoms with Crippen molar-refractivity contribution in [3.05, 3.63) is 65.9 Å². The molecule has 0 spiro atoms. The van der Waals surface area contributed by atoms with Gasteiger partial charge in [0.05, 0.1) is 11.1 Å². The quantitative estimate of drug-likeness (QED) is 0.564. The molecule has 1 amide bonds. The van der Waals surface area contributed by atoms with Crippen LogP contribution in [0.1, 0.15) is 23.0 Å². The third-order valence-corrected chi connectivity index (χ3v) is 3.81. The third-order valence-electron chi connectivity index (χ3n) is 3.81. The van der Waals surface area contributed by atoms with Crippen LogP contribution in [0.5, 0.6) is 11.5 Å². The van der Waals surface area contributed by atoms with Crippen LogP contribution in [0.25, 0.3) is 10.9 Å². The van der Waals surface area contributed by atoms with Crippen LogP contribution in [-0.2, 0) is 4.79 Å². The van der Waals surface area contributed by atoms with Gasteiger partial charge >= 0.3 is 5.97 Å². The summed E-state index contributed by atoms with van der Waals surface area (Å²) in [7, 11) is 0. The molecule has 6 heteroatoms. The maximum absolute atomic E-state index is 12.6. The van der Waals surface area contributed by atoms with Crippen LogP contribution in [0.15, 0.2) is 54.6 Å². The van der Waals surface area contributed by atoms with Gasteiger partial charge in [-0.05, 0) is 50.2 Å². The number of aryl methyl sites for hydroxylation is 1. The Labute approximate surface area is 150 Å². The first-order chi connectivity index (χ1) is 12.4. The molecule has 0 fully saturated rings. The fourth-order valence-corrected chi connectivity index (χ4v) is 2.49. The minimum absolute atomic E-state index is 0.368. The molecule has 0 saturated carbocycles. The number of carbonyl (C=O) groups is 2. The zero-order chi connectivity index (χ0) is 18.7. The number of ether oxygens (including phenoxy) is 2. The normalized spacial score (nSPS) is 11.8. The molecule has 0 saturated heterocycles. The largest absolute Gasteiger partial charge is 0.481 e. The van der Waals surface area contributed by atoms with E-state index in [9.17, 15) is 9.59 Å². The van der Waals surface area contributed by atoms with Gasteiger partial charge < -0.3 is 15.2 Å². The molecule has 6 nitrogen and oxygen atoms in total. The monoisotopic (exact) mass is 350 g/mol. The van der Waals surface area contributed by atoms with Gasteiger partial charge in [-0.25, -0.2) is 4.79 Å². The zero-order valence-electron chi connectivity index (χ0n) is 14.4. The van der Waals surface area contributed by atoms with Gasteiger partial charge in [0.1, 0.15) is 11.5 Å². The molecule has 1 aromatic heterocycles. The van der Waals surface area contributed by atoms with Crippen molar-refractivity contribution in [2.75, 3.05) is 0 Å². The highest BCUT2D eigenvalue weighted by atomic mass is 16.5.